The fourth-order valence-corrected chi connectivity index (χ4v) is 3.64. The van der Waals surface area contributed by atoms with E-state index in [1.807, 2.05) is 48.5 Å². The van der Waals surface area contributed by atoms with Gasteiger partial charge in [0.1, 0.15) is 30.3 Å². The minimum Gasteiger partial charge on any atom is -0.490 e. The Labute approximate surface area is 198 Å². The Bertz CT molecular complexity index is 1180. The lowest BCUT2D eigenvalue weighted by atomic mass is 9.94. The van der Waals surface area contributed by atoms with Crippen LogP contribution in [0.5, 0.6) is 17.4 Å². The lowest BCUT2D eigenvalue weighted by molar-refractivity contribution is 0.0984. The zero-order valence-electron chi connectivity index (χ0n) is 19.2. The Balaban J connectivity index is 1.24. The van der Waals surface area contributed by atoms with Crippen molar-refractivity contribution in [3.63, 3.8) is 0 Å². The molecule has 1 aliphatic rings. The number of aliphatic hydroxyl groups is 1. The van der Waals surface area contributed by atoms with Crippen molar-refractivity contribution < 1.29 is 14.6 Å². The molecule has 0 aliphatic carbocycles. The van der Waals surface area contributed by atoms with E-state index in [-0.39, 0.29) is 12.1 Å². The summed E-state index contributed by atoms with van der Waals surface area (Å²) in [5.41, 5.74) is 3.19. The Morgan fingerprint density at radius 2 is 1.97 bits per heavy atom. The topological polar surface area (TPSA) is 112 Å². The lowest BCUT2D eigenvalue weighted by Gasteiger charge is -2.28. The SMILES string of the molecule is CC(C)(Cc1ccc(Oc2ccc(C#N)cn2)cc1)NC[C@@H](O)COc1cccc2c1CN=N2. The number of azo groups is 1. The largest absolute Gasteiger partial charge is 0.490 e. The van der Waals surface area contributed by atoms with Gasteiger partial charge in [-0.15, -0.1) is 0 Å². The van der Waals surface area contributed by atoms with Crippen LogP contribution in [0.2, 0.25) is 0 Å². The summed E-state index contributed by atoms with van der Waals surface area (Å²) in [7, 11) is 0. The summed E-state index contributed by atoms with van der Waals surface area (Å²) in [6.07, 6.45) is 1.60. The van der Waals surface area contributed by atoms with Gasteiger partial charge in [0.05, 0.1) is 17.8 Å². The Kier molecular flexibility index (Phi) is 7.16. The van der Waals surface area contributed by atoms with Gasteiger partial charge in [0.15, 0.2) is 0 Å². The number of hydrogen-bond acceptors (Lipinski definition) is 8. The van der Waals surface area contributed by atoms with Crippen LogP contribution in [-0.2, 0) is 13.0 Å². The molecule has 0 saturated heterocycles. The lowest BCUT2D eigenvalue weighted by Crippen LogP contribution is -2.46. The van der Waals surface area contributed by atoms with Crippen LogP contribution in [-0.4, -0.2) is 34.9 Å². The third kappa shape index (κ3) is 6.16. The van der Waals surface area contributed by atoms with E-state index in [1.54, 1.807) is 12.1 Å². The van der Waals surface area contributed by atoms with E-state index in [9.17, 15) is 5.11 Å². The van der Waals surface area contributed by atoms with Gasteiger partial charge in [-0.25, -0.2) is 4.98 Å². The van der Waals surface area contributed by atoms with Crippen LogP contribution in [0.4, 0.5) is 5.69 Å². The average Bonchev–Trinajstić information content (AvgIpc) is 3.33. The summed E-state index contributed by atoms with van der Waals surface area (Å²) in [5, 5.41) is 30.8. The van der Waals surface area contributed by atoms with Crippen LogP contribution in [0.1, 0.15) is 30.5 Å². The standard InChI is InChI=1S/C26H27N5O3/c1-26(2,29-15-20(32)17-33-24-5-3-4-23-22(24)16-30-31-23)12-18-6-9-21(10-7-18)34-25-11-8-19(13-27)14-28-25/h3-11,14,20,29,32H,12,15-17H2,1-2H3/t20-/m1/s1. The molecule has 8 nitrogen and oxygen atoms in total. The van der Waals surface area contributed by atoms with Gasteiger partial charge in [0, 0.05) is 29.9 Å². The molecule has 174 valence electrons. The van der Waals surface area contributed by atoms with E-state index in [4.69, 9.17) is 14.7 Å². The number of nitrogens with zero attached hydrogens (tertiary/aromatic N) is 4. The van der Waals surface area contributed by atoms with Gasteiger partial charge in [0.25, 0.3) is 0 Å². The van der Waals surface area contributed by atoms with E-state index >= 15 is 0 Å². The molecule has 0 amide bonds. The average molecular weight is 458 g/mol. The van der Waals surface area contributed by atoms with Gasteiger partial charge in [-0.05, 0) is 56.2 Å². The van der Waals surface area contributed by atoms with Gasteiger partial charge >= 0.3 is 0 Å². The molecule has 2 aromatic carbocycles. The van der Waals surface area contributed by atoms with Crippen molar-refractivity contribution in [3.8, 4) is 23.4 Å². The van der Waals surface area contributed by atoms with Crippen LogP contribution in [0, 0.1) is 11.3 Å². The molecule has 4 rings (SSSR count). The van der Waals surface area contributed by atoms with Crippen LogP contribution < -0.4 is 14.8 Å². The summed E-state index contributed by atoms with van der Waals surface area (Å²) in [6.45, 7) is 5.30. The number of fused-ring (bicyclic) bond motifs is 1. The van der Waals surface area contributed by atoms with Crippen LogP contribution in [0.25, 0.3) is 0 Å². The zero-order valence-corrected chi connectivity index (χ0v) is 19.2. The maximum absolute atomic E-state index is 10.4. The number of hydrogen-bond donors (Lipinski definition) is 2. The predicted molar refractivity (Wildman–Crippen MR) is 127 cm³/mol. The molecule has 8 heteroatoms. The molecule has 1 aliphatic heterocycles. The molecule has 1 atom stereocenters. The maximum Gasteiger partial charge on any atom is 0.219 e. The van der Waals surface area contributed by atoms with Crippen molar-refractivity contribution in [1.29, 1.82) is 5.26 Å². The van der Waals surface area contributed by atoms with Crippen molar-refractivity contribution in [3.05, 3.63) is 77.5 Å². The molecule has 0 bridgehead atoms. The highest BCUT2D eigenvalue weighted by Crippen LogP contribution is 2.34. The number of nitrogens with one attached hydrogen (secondary N) is 1. The highest BCUT2D eigenvalue weighted by molar-refractivity contribution is 5.54. The molecule has 0 saturated carbocycles. The number of ether oxygens (including phenoxy) is 2. The number of rotatable bonds is 10. The van der Waals surface area contributed by atoms with E-state index in [2.05, 4.69) is 34.4 Å². The predicted octanol–water partition coefficient (Wildman–Crippen LogP) is 4.69. The van der Waals surface area contributed by atoms with Crippen molar-refractivity contribution in [2.45, 2.75) is 38.5 Å². The zero-order chi connectivity index (χ0) is 24.0. The summed E-state index contributed by atoms with van der Waals surface area (Å²) in [4.78, 5) is 4.12. The first-order valence-electron chi connectivity index (χ1n) is 11.1. The van der Waals surface area contributed by atoms with Crippen LogP contribution in [0.15, 0.2) is 71.0 Å². The molecule has 34 heavy (non-hydrogen) atoms. The Hall–Kier alpha value is -3.80. The molecule has 3 aromatic rings. The molecule has 0 fully saturated rings. The second-order valence-corrected chi connectivity index (χ2v) is 8.80. The first-order valence-corrected chi connectivity index (χ1v) is 11.1. The number of aromatic nitrogens is 1. The second kappa shape index (κ2) is 10.4. The van der Waals surface area contributed by atoms with Crippen molar-refractivity contribution in [2.75, 3.05) is 13.2 Å². The van der Waals surface area contributed by atoms with Crippen LogP contribution in [0.3, 0.4) is 0 Å². The van der Waals surface area contributed by atoms with Crippen LogP contribution >= 0.6 is 0 Å². The Morgan fingerprint density at radius 3 is 2.71 bits per heavy atom. The van der Waals surface area contributed by atoms with Gasteiger partial charge in [-0.2, -0.15) is 15.5 Å². The smallest absolute Gasteiger partial charge is 0.219 e. The monoisotopic (exact) mass is 457 g/mol. The molecule has 2 N–H and O–H groups in total. The van der Waals surface area contributed by atoms with E-state index in [1.165, 1.54) is 6.20 Å². The first-order chi connectivity index (χ1) is 16.4. The fourth-order valence-electron chi connectivity index (χ4n) is 3.64. The molecule has 0 radical (unpaired) electrons. The minimum absolute atomic E-state index is 0.189. The van der Waals surface area contributed by atoms with E-state index in [0.717, 1.165) is 29.0 Å². The van der Waals surface area contributed by atoms with Gasteiger partial charge in [-0.1, -0.05) is 18.2 Å². The highest BCUT2D eigenvalue weighted by Gasteiger charge is 2.20. The quantitative estimate of drug-likeness (QED) is 0.457. The molecular formula is C26H27N5O3. The van der Waals surface area contributed by atoms with Crippen molar-refractivity contribution in [2.24, 2.45) is 10.2 Å². The summed E-state index contributed by atoms with van der Waals surface area (Å²) >= 11 is 0. The van der Waals surface area contributed by atoms with Gasteiger partial charge in [0.2, 0.25) is 5.88 Å². The number of β-amino-alcohol motifs (C(OH)–C–C–N with tert-alkyl or cyclic N) is 1. The van der Waals surface area contributed by atoms with Crippen molar-refractivity contribution in [1.82, 2.24) is 10.3 Å². The summed E-state index contributed by atoms with van der Waals surface area (Å²) < 4.78 is 11.6. The third-order valence-electron chi connectivity index (χ3n) is 5.42. The molecule has 2 heterocycles. The number of benzene rings is 2. The molecule has 0 spiro atoms. The van der Waals surface area contributed by atoms with Crippen molar-refractivity contribution >= 4 is 5.69 Å². The van der Waals surface area contributed by atoms with Gasteiger partial charge < -0.3 is 19.9 Å². The third-order valence-corrected chi connectivity index (χ3v) is 5.42. The van der Waals surface area contributed by atoms with Gasteiger partial charge in [-0.3, -0.25) is 0 Å². The maximum atomic E-state index is 10.4. The first kappa shape index (κ1) is 23.4. The second-order valence-electron chi connectivity index (χ2n) is 8.80. The minimum atomic E-state index is -0.652. The summed E-state index contributed by atoms with van der Waals surface area (Å²) in [6, 6.07) is 18.8. The molecule has 0 unspecified atom stereocenters. The number of nitriles is 1. The highest BCUT2D eigenvalue weighted by atomic mass is 16.5. The summed E-state index contributed by atoms with van der Waals surface area (Å²) in [5.74, 6) is 1.83. The van der Waals surface area contributed by atoms with E-state index in [0.29, 0.717) is 30.3 Å². The van der Waals surface area contributed by atoms with E-state index < -0.39 is 6.10 Å². The normalized spacial score (nSPS) is 13.2. The Morgan fingerprint density at radius 1 is 1.15 bits per heavy atom. The number of aliphatic hydroxyl groups excluding tert-OH is 1. The number of pyridine rings is 1. The fraction of sp³-hybridized carbons (Fsp3) is 0.308. The molecule has 1 aromatic heterocycles. The molecular weight excluding hydrogens is 430 g/mol.